The van der Waals surface area contributed by atoms with Crippen molar-refractivity contribution in [3.05, 3.63) is 24.3 Å². The molecular weight excluding hydrogens is 250 g/mol. The second-order valence-corrected chi connectivity index (χ2v) is 6.15. The van der Waals surface area contributed by atoms with Crippen molar-refractivity contribution in [2.24, 2.45) is 0 Å². The molecule has 0 saturated carbocycles. The predicted octanol–water partition coefficient (Wildman–Crippen LogP) is 1.57. The average Bonchev–Trinajstić information content (AvgIpc) is 2.78. The summed E-state index contributed by atoms with van der Waals surface area (Å²) in [5.74, 6) is 1.18. The van der Waals surface area contributed by atoms with Gasteiger partial charge < -0.3 is 15.2 Å². The molecule has 3 atom stereocenters. The summed E-state index contributed by atoms with van der Waals surface area (Å²) < 4.78 is 23.0. The minimum absolute atomic E-state index is 0.0904. The Hall–Kier alpha value is -1.07. The second kappa shape index (κ2) is 6.20. The first-order valence-electron chi connectivity index (χ1n) is 6.14. The number of ether oxygens (including phenoxy) is 2. The third kappa shape index (κ3) is 3.23. The first-order valence-corrected chi connectivity index (χ1v) is 7.53. The van der Waals surface area contributed by atoms with Crippen LogP contribution in [0.25, 0.3) is 0 Å². The van der Waals surface area contributed by atoms with Crippen molar-refractivity contribution in [3.8, 4) is 5.75 Å². The molecule has 1 aromatic rings. The molecule has 0 radical (unpaired) electrons. The molecule has 1 heterocycles. The van der Waals surface area contributed by atoms with Crippen LogP contribution in [0.1, 0.15) is 13.3 Å². The van der Waals surface area contributed by atoms with E-state index < -0.39 is 10.8 Å². The second-order valence-electron chi connectivity index (χ2n) is 4.37. The van der Waals surface area contributed by atoms with Gasteiger partial charge in [0.25, 0.3) is 0 Å². The maximum absolute atomic E-state index is 12.1. The summed E-state index contributed by atoms with van der Waals surface area (Å²) in [4.78, 5) is 0. The zero-order valence-corrected chi connectivity index (χ0v) is 11.3. The largest absolute Gasteiger partial charge is 0.490 e. The fraction of sp³-hybridized carbons (Fsp3) is 0.538. The number of anilines is 1. The Kier molecular flexibility index (Phi) is 4.60. The van der Waals surface area contributed by atoms with Gasteiger partial charge in [-0.05, 0) is 25.5 Å². The lowest BCUT2D eigenvalue weighted by Gasteiger charge is -2.14. The van der Waals surface area contributed by atoms with Gasteiger partial charge in [0.05, 0.1) is 29.4 Å². The van der Waals surface area contributed by atoms with E-state index in [4.69, 9.17) is 15.2 Å². The summed E-state index contributed by atoms with van der Waals surface area (Å²) in [7, 11) is -0.897. The third-order valence-electron chi connectivity index (χ3n) is 3.11. The van der Waals surface area contributed by atoms with Gasteiger partial charge >= 0.3 is 0 Å². The van der Waals surface area contributed by atoms with Crippen molar-refractivity contribution >= 4 is 16.5 Å². The van der Waals surface area contributed by atoms with E-state index in [1.807, 2.05) is 25.1 Å². The van der Waals surface area contributed by atoms with E-state index in [1.165, 1.54) is 0 Å². The van der Waals surface area contributed by atoms with Gasteiger partial charge in [0.15, 0.2) is 0 Å². The van der Waals surface area contributed by atoms with Gasteiger partial charge in [-0.1, -0.05) is 12.1 Å². The molecule has 1 fully saturated rings. The molecule has 100 valence electrons. The van der Waals surface area contributed by atoms with Gasteiger partial charge in [-0.15, -0.1) is 0 Å². The maximum Gasteiger partial charge on any atom is 0.142 e. The van der Waals surface area contributed by atoms with E-state index in [0.29, 0.717) is 30.4 Å². The lowest BCUT2D eigenvalue weighted by atomic mass is 10.3. The molecule has 1 saturated heterocycles. The molecule has 5 heteroatoms. The Bertz CT molecular complexity index is 424. The normalized spacial score (nSPS) is 24.9. The fourth-order valence-corrected chi connectivity index (χ4v) is 3.47. The monoisotopic (exact) mass is 269 g/mol. The van der Waals surface area contributed by atoms with Gasteiger partial charge in [-0.2, -0.15) is 0 Å². The van der Waals surface area contributed by atoms with Crippen LogP contribution < -0.4 is 10.5 Å². The molecule has 1 aliphatic heterocycles. The Balaban J connectivity index is 1.79. The number of nitrogens with two attached hydrogens (primary N) is 1. The van der Waals surface area contributed by atoms with E-state index in [-0.39, 0.29) is 11.4 Å². The number of hydrogen-bond acceptors (Lipinski definition) is 4. The van der Waals surface area contributed by atoms with Gasteiger partial charge in [0.1, 0.15) is 5.75 Å². The Morgan fingerprint density at radius 1 is 1.50 bits per heavy atom. The quantitative estimate of drug-likeness (QED) is 0.824. The smallest absolute Gasteiger partial charge is 0.142 e. The van der Waals surface area contributed by atoms with Crippen LogP contribution in [0.3, 0.4) is 0 Å². The molecular formula is C13H19NO3S. The summed E-state index contributed by atoms with van der Waals surface area (Å²) in [5.41, 5.74) is 6.37. The molecule has 0 aromatic heterocycles. The van der Waals surface area contributed by atoms with Crippen LogP contribution in [0, 0.1) is 0 Å². The molecule has 4 nitrogen and oxygen atoms in total. The predicted molar refractivity (Wildman–Crippen MR) is 73.2 cm³/mol. The van der Waals surface area contributed by atoms with Crippen LogP contribution in [0.2, 0.25) is 0 Å². The molecule has 3 unspecified atom stereocenters. The number of nitrogen functional groups attached to an aromatic ring is 1. The first kappa shape index (κ1) is 13.4. The molecule has 2 N–H and O–H groups in total. The van der Waals surface area contributed by atoms with E-state index in [1.54, 1.807) is 6.07 Å². The summed E-state index contributed by atoms with van der Waals surface area (Å²) in [6.45, 7) is 3.11. The minimum Gasteiger partial charge on any atom is -0.490 e. The highest BCUT2D eigenvalue weighted by Crippen LogP contribution is 2.21. The third-order valence-corrected chi connectivity index (χ3v) is 4.97. The summed E-state index contributed by atoms with van der Waals surface area (Å²) in [6, 6.07) is 7.34. The highest BCUT2D eigenvalue weighted by molar-refractivity contribution is 7.85. The van der Waals surface area contributed by atoms with Gasteiger partial charge in [0.2, 0.25) is 0 Å². The number of hydrogen-bond donors (Lipinski definition) is 1. The van der Waals surface area contributed by atoms with Gasteiger partial charge in [-0.3, -0.25) is 4.21 Å². The topological polar surface area (TPSA) is 61.5 Å². The van der Waals surface area contributed by atoms with Crippen molar-refractivity contribution in [2.45, 2.75) is 24.7 Å². The standard InChI is InChI=1S/C13H19NO3S/c1-10-13(6-7-16-10)18(15)9-8-17-12-5-3-2-4-11(12)14/h2-5,10,13H,6-9,14H2,1H3. The molecule has 1 aromatic carbocycles. The molecule has 0 spiro atoms. The SMILES string of the molecule is CC1OCCC1S(=O)CCOc1ccccc1N. The lowest BCUT2D eigenvalue weighted by molar-refractivity contribution is 0.127. The Morgan fingerprint density at radius 3 is 2.94 bits per heavy atom. The maximum atomic E-state index is 12.1. The first-order chi connectivity index (χ1) is 8.68. The van der Waals surface area contributed by atoms with E-state index in [0.717, 1.165) is 6.42 Å². The number of benzene rings is 1. The van der Waals surface area contributed by atoms with E-state index in [9.17, 15) is 4.21 Å². The van der Waals surface area contributed by atoms with Crippen molar-refractivity contribution in [3.63, 3.8) is 0 Å². The summed E-state index contributed by atoms with van der Waals surface area (Å²) >= 11 is 0. The van der Waals surface area contributed by atoms with Gasteiger partial charge in [0, 0.05) is 17.4 Å². The highest BCUT2D eigenvalue weighted by atomic mass is 32.2. The van der Waals surface area contributed by atoms with Gasteiger partial charge in [-0.25, -0.2) is 0 Å². The highest BCUT2D eigenvalue weighted by Gasteiger charge is 2.29. The van der Waals surface area contributed by atoms with Crippen LogP contribution in [-0.2, 0) is 15.5 Å². The molecule has 0 aliphatic carbocycles. The molecule has 0 bridgehead atoms. The van der Waals surface area contributed by atoms with Crippen LogP contribution in [0.15, 0.2) is 24.3 Å². The molecule has 2 rings (SSSR count). The van der Waals surface area contributed by atoms with Crippen molar-refractivity contribution in [1.29, 1.82) is 0 Å². The fourth-order valence-electron chi connectivity index (χ4n) is 2.05. The van der Waals surface area contributed by atoms with Crippen LogP contribution in [0.5, 0.6) is 5.75 Å². The van der Waals surface area contributed by atoms with Crippen LogP contribution in [-0.4, -0.2) is 34.5 Å². The summed E-state index contributed by atoms with van der Waals surface area (Å²) in [6.07, 6.45) is 0.967. The van der Waals surface area contributed by atoms with Crippen LogP contribution >= 0.6 is 0 Å². The Morgan fingerprint density at radius 2 is 2.28 bits per heavy atom. The molecule has 1 aliphatic rings. The zero-order valence-electron chi connectivity index (χ0n) is 10.5. The summed E-state index contributed by atoms with van der Waals surface area (Å²) in [5, 5.41) is 0.140. The average molecular weight is 269 g/mol. The van der Waals surface area contributed by atoms with E-state index >= 15 is 0 Å². The van der Waals surface area contributed by atoms with Crippen molar-refractivity contribution in [2.75, 3.05) is 24.7 Å². The van der Waals surface area contributed by atoms with Crippen molar-refractivity contribution < 1.29 is 13.7 Å². The molecule has 0 amide bonds. The van der Waals surface area contributed by atoms with E-state index in [2.05, 4.69) is 0 Å². The number of para-hydroxylation sites is 2. The number of rotatable bonds is 5. The van der Waals surface area contributed by atoms with Crippen molar-refractivity contribution in [1.82, 2.24) is 0 Å². The molecule has 18 heavy (non-hydrogen) atoms. The minimum atomic E-state index is -0.897. The Labute approximate surface area is 110 Å². The van der Waals surface area contributed by atoms with Crippen LogP contribution in [0.4, 0.5) is 5.69 Å². The zero-order chi connectivity index (χ0) is 13.0. The lowest BCUT2D eigenvalue weighted by Crippen LogP contribution is -2.26.